The molecular weight excluding hydrogens is 877 g/mol. The number of aryl methyl sites for hydroxylation is 2. The predicted molar refractivity (Wildman–Crippen MR) is 244 cm³/mol. The van der Waals surface area contributed by atoms with Gasteiger partial charge in [-0.2, -0.15) is 0 Å². The molecule has 2 unspecified atom stereocenters. The van der Waals surface area contributed by atoms with Crippen LogP contribution < -0.4 is 39.4 Å². The number of anilines is 2. The minimum absolute atomic E-state index is 0.0460. The molecule has 4 N–H and O–H groups in total. The number of para-hydroxylation sites is 2. The van der Waals surface area contributed by atoms with Gasteiger partial charge in [0.1, 0.15) is 24.7 Å². The number of carbonyl (C=O) groups excluding carboxylic acids is 4. The zero-order valence-corrected chi connectivity index (χ0v) is 37.8. The molecule has 2 aliphatic rings. The van der Waals surface area contributed by atoms with Crippen LogP contribution in [-0.2, 0) is 42.8 Å². The Morgan fingerprint density at radius 3 is 1.38 bits per heavy atom. The average Bonchev–Trinajstić information content (AvgIpc) is 3.68. The fourth-order valence-corrected chi connectivity index (χ4v) is 10.5. The number of rotatable bonds is 13. The fraction of sp³-hybridized carbons (Fsp3) is 0.244. The molecule has 4 heterocycles. The van der Waals surface area contributed by atoms with Crippen molar-refractivity contribution in [2.75, 3.05) is 21.1 Å². The highest BCUT2D eigenvalue weighted by molar-refractivity contribution is 7.92. The summed E-state index contributed by atoms with van der Waals surface area (Å²) in [4.78, 5) is 57.3. The molecule has 4 aromatic carbocycles. The maximum Gasteiger partial charge on any atom is 0.323 e. The maximum absolute atomic E-state index is 12.6. The predicted octanol–water partition coefficient (Wildman–Crippen LogP) is 5.28. The van der Waals surface area contributed by atoms with Gasteiger partial charge in [-0.1, -0.05) is 43.3 Å². The largest absolute Gasteiger partial charge is 0.489 e. The van der Waals surface area contributed by atoms with E-state index < -0.39 is 55.2 Å². The van der Waals surface area contributed by atoms with Crippen molar-refractivity contribution in [1.29, 1.82) is 0 Å². The van der Waals surface area contributed by atoms with Crippen molar-refractivity contribution in [3.05, 3.63) is 132 Å². The summed E-state index contributed by atoms with van der Waals surface area (Å²) in [6.07, 6.45) is 2.01. The SMILES string of the molecule is CCC1(N(c2ccc(OCc3cc(C)nc4ccccc34)cc2)S(C)(=O)=O)NC(=O)NC1=O.Cc1cc(COc2ccc(N(C3(C)NC(=O)NC3=O)S(C)(=O)=O)cc2)c2ccccc2n1. The van der Waals surface area contributed by atoms with Gasteiger partial charge in [-0.05, 0) is 100.0 Å². The van der Waals surface area contributed by atoms with E-state index in [-0.39, 0.29) is 17.8 Å². The quantitative estimate of drug-likeness (QED) is 0.108. The number of hydrogen-bond acceptors (Lipinski definition) is 12. The minimum atomic E-state index is -3.92. The van der Waals surface area contributed by atoms with Crippen LogP contribution in [0.4, 0.5) is 21.0 Å². The van der Waals surface area contributed by atoms with E-state index in [0.717, 1.165) is 65.4 Å². The smallest absolute Gasteiger partial charge is 0.323 e. The number of imide groups is 2. The van der Waals surface area contributed by atoms with Crippen molar-refractivity contribution in [3.63, 3.8) is 0 Å². The fourth-order valence-electron chi connectivity index (χ4n) is 7.88. The summed E-state index contributed by atoms with van der Waals surface area (Å²) >= 11 is 0. The molecule has 6 aromatic rings. The van der Waals surface area contributed by atoms with E-state index >= 15 is 0 Å². The summed E-state index contributed by atoms with van der Waals surface area (Å²) in [6.45, 7) is 7.40. The Balaban J connectivity index is 0.000000194. The van der Waals surface area contributed by atoms with Crippen molar-refractivity contribution >= 4 is 77.1 Å². The standard InChI is InChI=1S/C23H24N4O5S.C22H22N4O5S/c1-4-23(21(28)25-22(29)26-23)27(33(3,30)31)17-9-11-18(12-10-17)32-14-16-13-15(2)24-20-8-6-5-7-19(16)20;1-14-12-15(18-6-4-5-7-19(18)23-14)13-31-17-10-8-16(9-11-17)26(32(3,29)30)22(2)20(27)24-21(28)25-22/h5-13H,4,14H2,1-3H3,(H2,25,26,28,29);4-12H,13H2,1-3H3,(H2,24,25,27,28). The van der Waals surface area contributed by atoms with Crippen molar-refractivity contribution in [3.8, 4) is 11.5 Å². The van der Waals surface area contributed by atoms with Gasteiger partial charge in [0.15, 0.2) is 0 Å². The molecule has 20 heteroatoms. The third-order valence-corrected chi connectivity index (χ3v) is 13.1. The van der Waals surface area contributed by atoms with Crippen LogP contribution in [-0.4, -0.2) is 74.5 Å². The van der Waals surface area contributed by atoms with Crippen LogP contribution in [0.25, 0.3) is 21.8 Å². The number of fused-ring (bicyclic) bond motifs is 2. The molecule has 8 rings (SSSR count). The number of nitrogens with one attached hydrogen (secondary N) is 4. The molecule has 2 saturated heterocycles. The van der Waals surface area contributed by atoms with Crippen LogP contribution in [0.15, 0.2) is 109 Å². The lowest BCUT2D eigenvalue weighted by Gasteiger charge is -2.37. The number of urea groups is 2. The first-order valence-electron chi connectivity index (χ1n) is 20.2. The second-order valence-corrected chi connectivity index (χ2v) is 19.3. The van der Waals surface area contributed by atoms with Gasteiger partial charge in [-0.3, -0.25) is 30.2 Å². The number of nitrogens with zero attached hydrogens (tertiary/aromatic N) is 4. The molecule has 65 heavy (non-hydrogen) atoms. The molecule has 2 aromatic heterocycles. The first-order chi connectivity index (χ1) is 30.7. The van der Waals surface area contributed by atoms with E-state index in [1.54, 1.807) is 43.3 Å². The number of hydrogen-bond donors (Lipinski definition) is 4. The summed E-state index contributed by atoms with van der Waals surface area (Å²) in [7, 11) is -7.82. The molecule has 0 saturated carbocycles. The Bertz CT molecular complexity index is 3080. The molecule has 0 bridgehead atoms. The third kappa shape index (κ3) is 9.48. The van der Waals surface area contributed by atoms with E-state index in [1.807, 2.05) is 74.5 Å². The van der Waals surface area contributed by atoms with Gasteiger partial charge >= 0.3 is 12.1 Å². The van der Waals surface area contributed by atoms with E-state index in [0.29, 0.717) is 24.7 Å². The molecule has 2 aliphatic heterocycles. The van der Waals surface area contributed by atoms with Crippen LogP contribution in [0.5, 0.6) is 11.5 Å². The van der Waals surface area contributed by atoms with Gasteiger partial charge < -0.3 is 20.1 Å². The summed E-state index contributed by atoms with van der Waals surface area (Å²) in [5.41, 5.74) is 2.43. The zero-order chi connectivity index (χ0) is 46.9. The topological polar surface area (TPSA) is 235 Å². The van der Waals surface area contributed by atoms with E-state index in [2.05, 4.69) is 31.2 Å². The molecule has 0 radical (unpaired) electrons. The van der Waals surface area contributed by atoms with Crippen molar-refractivity contribution < 1.29 is 45.5 Å². The minimum Gasteiger partial charge on any atom is -0.489 e. The van der Waals surface area contributed by atoms with Crippen LogP contribution in [0.2, 0.25) is 0 Å². The number of ether oxygens (including phenoxy) is 2. The Morgan fingerprint density at radius 2 is 1.00 bits per heavy atom. The Hall–Kier alpha value is -7.32. The lowest BCUT2D eigenvalue weighted by Crippen LogP contribution is -2.62. The van der Waals surface area contributed by atoms with Gasteiger partial charge in [-0.15, -0.1) is 0 Å². The summed E-state index contributed by atoms with van der Waals surface area (Å²) in [5, 5.41) is 11.0. The Kier molecular flexibility index (Phi) is 12.4. The molecule has 6 amide bonds. The highest BCUT2D eigenvalue weighted by Gasteiger charge is 2.53. The number of carbonyl (C=O) groups is 4. The van der Waals surface area contributed by atoms with Crippen molar-refractivity contribution in [1.82, 2.24) is 31.2 Å². The zero-order valence-electron chi connectivity index (χ0n) is 36.2. The summed E-state index contributed by atoms with van der Waals surface area (Å²) in [6, 6.07) is 30.6. The monoisotopic (exact) mass is 922 g/mol. The molecular formula is C45H46N8O10S2. The second kappa shape index (κ2) is 17.7. The van der Waals surface area contributed by atoms with Crippen LogP contribution >= 0.6 is 0 Å². The highest BCUT2D eigenvalue weighted by Crippen LogP contribution is 2.33. The van der Waals surface area contributed by atoms with Crippen LogP contribution in [0, 0.1) is 13.8 Å². The van der Waals surface area contributed by atoms with Gasteiger partial charge in [-0.25, -0.2) is 35.0 Å². The van der Waals surface area contributed by atoms with E-state index in [1.165, 1.54) is 19.1 Å². The van der Waals surface area contributed by atoms with Crippen molar-refractivity contribution in [2.45, 2.75) is 58.7 Å². The van der Waals surface area contributed by atoms with Gasteiger partial charge in [0, 0.05) is 33.3 Å². The number of benzene rings is 4. The summed E-state index contributed by atoms with van der Waals surface area (Å²) in [5.74, 6) is -0.434. The van der Waals surface area contributed by atoms with Crippen molar-refractivity contribution in [2.24, 2.45) is 0 Å². The number of aromatic nitrogens is 2. The Morgan fingerprint density at radius 1 is 0.585 bits per heavy atom. The normalized spacial score (nSPS) is 18.2. The average molecular weight is 923 g/mol. The molecule has 18 nitrogen and oxygen atoms in total. The molecule has 2 atom stereocenters. The number of amides is 6. The molecule has 2 fully saturated rings. The van der Waals surface area contributed by atoms with E-state index in [4.69, 9.17) is 9.47 Å². The van der Waals surface area contributed by atoms with Crippen LogP contribution in [0.1, 0.15) is 42.8 Å². The highest BCUT2D eigenvalue weighted by atomic mass is 32.2. The van der Waals surface area contributed by atoms with Crippen LogP contribution in [0.3, 0.4) is 0 Å². The third-order valence-electron chi connectivity index (χ3n) is 10.7. The first kappa shape index (κ1) is 45.7. The number of sulfonamides is 2. The lowest BCUT2D eigenvalue weighted by molar-refractivity contribution is -0.124. The maximum atomic E-state index is 12.6. The second-order valence-electron chi connectivity index (χ2n) is 15.6. The number of pyridine rings is 2. The Labute approximate surface area is 375 Å². The lowest BCUT2D eigenvalue weighted by atomic mass is 10.1. The molecule has 0 spiro atoms. The van der Waals surface area contributed by atoms with Gasteiger partial charge in [0.2, 0.25) is 31.4 Å². The molecule has 338 valence electrons. The van der Waals surface area contributed by atoms with Gasteiger partial charge in [0.05, 0.1) is 34.9 Å². The first-order valence-corrected chi connectivity index (χ1v) is 23.9. The van der Waals surface area contributed by atoms with Gasteiger partial charge in [0.25, 0.3) is 11.8 Å². The van der Waals surface area contributed by atoms with E-state index in [9.17, 15) is 36.0 Å². The summed E-state index contributed by atoms with van der Waals surface area (Å²) < 4.78 is 63.9. The molecule has 0 aliphatic carbocycles.